The molecule has 238 valence electrons. The Morgan fingerprint density at radius 3 is 2.33 bits per heavy atom. The summed E-state index contributed by atoms with van der Waals surface area (Å²) in [7, 11) is 0. The van der Waals surface area contributed by atoms with E-state index < -0.39 is 11.6 Å². The average molecular weight is 645 g/mol. The Bertz CT molecular complexity index is 2720. The molecule has 0 radical (unpaired) electrons. The summed E-state index contributed by atoms with van der Waals surface area (Å²) in [4.78, 5) is 0. The number of pyridine rings is 2. The first kappa shape index (κ1) is 28.4. The van der Waals surface area contributed by atoms with E-state index in [0.29, 0.717) is 12.1 Å². The Morgan fingerprint density at radius 2 is 1.51 bits per heavy atom. The molecular weight excluding hydrogens is 610 g/mol. The van der Waals surface area contributed by atoms with Crippen LogP contribution in [0.4, 0.5) is 8.78 Å². The highest BCUT2D eigenvalue weighted by atomic mass is 19.1. The van der Waals surface area contributed by atoms with E-state index in [1.165, 1.54) is 33.3 Å². The minimum Gasteiger partial charge on any atom is -0.297 e. The number of halogens is 2. The van der Waals surface area contributed by atoms with Gasteiger partial charge in [-0.2, -0.15) is 13.7 Å². The van der Waals surface area contributed by atoms with Gasteiger partial charge < -0.3 is 0 Å². The molecule has 1 atom stereocenters. The predicted molar refractivity (Wildman–Crippen MR) is 191 cm³/mol. The number of nitrogens with zero attached hydrogens (tertiary/aromatic N) is 4. The van der Waals surface area contributed by atoms with Crippen LogP contribution in [0.15, 0.2) is 115 Å². The van der Waals surface area contributed by atoms with Crippen LogP contribution in [-0.4, -0.2) is 9.13 Å². The Morgan fingerprint density at radius 1 is 0.714 bits per heavy atom. The van der Waals surface area contributed by atoms with Gasteiger partial charge in [-0.25, -0.2) is 8.78 Å². The van der Waals surface area contributed by atoms with Crippen molar-refractivity contribution in [2.75, 3.05) is 0 Å². The monoisotopic (exact) mass is 644 g/mol. The van der Waals surface area contributed by atoms with Crippen LogP contribution in [0, 0.1) is 18.6 Å². The van der Waals surface area contributed by atoms with E-state index >= 15 is 4.39 Å². The molecule has 6 heteroatoms. The third kappa shape index (κ3) is 3.88. The fourth-order valence-electron chi connectivity index (χ4n) is 8.38. The minimum absolute atomic E-state index is 0.00770. The zero-order chi connectivity index (χ0) is 33.3. The van der Waals surface area contributed by atoms with Gasteiger partial charge in [-0.05, 0) is 89.7 Å². The van der Waals surface area contributed by atoms with Crippen molar-refractivity contribution in [2.24, 2.45) is 0 Å². The molecule has 49 heavy (non-hydrogen) atoms. The lowest BCUT2D eigenvalue weighted by Crippen LogP contribution is -2.61. The van der Waals surface area contributed by atoms with Crippen LogP contribution >= 0.6 is 0 Å². The van der Waals surface area contributed by atoms with Gasteiger partial charge in [0.05, 0.1) is 16.5 Å². The van der Waals surface area contributed by atoms with Crippen LogP contribution in [0.3, 0.4) is 0 Å². The molecule has 0 saturated carbocycles. The number of rotatable bonds is 1. The molecule has 0 saturated heterocycles. The van der Waals surface area contributed by atoms with Crippen molar-refractivity contribution in [3.63, 3.8) is 0 Å². The molecule has 8 aromatic rings. The highest BCUT2D eigenvalue weighted by Gasteiger charge is 2.43. The molecule has 4 nitrogen and oxygen atoms in total. The second-order valence-electron chi connectivity index (χ2n) is 14.6. The van der Waals surface area contributed by atoms with Crippen molar-refractivity contribution >= 4 is 32.8 Å². The van der Waals surface area contributed by atoms with Gasteiger partial charge in [-0.3, -0.25) is 4.57 Å². The maximum absolute atomic E-state index is 15.4. The first-order valence-corrected chi connectivity index (χ1v) is 16.9. The number of aromatic nitrogens is 4. The lowest BCUT2D eigenvalue weighted by molar-refractivity contribution is -0.926. The van der Waals surface area contributed by atoms with Crippen LogP contribution in [0.25, 0.3) is 72.3 Å². The number of para-hydroxylation sites is 1. The van der Waals surface area contributed by atoms with Crippen molar-refractivity contribution in [1.29, 1.82) is 0 Å². The highest BCUT2D eigenvalue weighted by molar-refractivity contribution is 6.08. The van der Waals surface area contributed by atoms with Gasteiger partial charge in [-0.1, -0.05) is 45.0 Å². The van der Waals surface area contributed by atoms with E-state index in [1.54, 1.807) is 6.07 Å². The smallest absolute Gasteiger partial charge is 0.297 e. The summed E-state index contributed by atoms with van der Waals surface area (Å²) in [5.74, 6) is -0.0222. The summed E-state index contributed by atoms with van der Waals surface area (Å²) < 4.78 is 39.3. The SMILES string of the molecule is Cc1c2cc(-c3ccc(F)cc3F)cc1-c1ccc3c4cc(C(C)(C)C)ccc4n4c3[n+]1C(Cn1c-4cc3ccccc31)[n+]1ccccc1-2. The average Bonchev–Trinajstić information content (AvgIpc) is 3.56. The van der Waals surface area contributed by atoms with Crippen molar-refractivity contribution in [1.82, 2.24) is 9.13 Å². The molecule has 0 N–H and O–H groups in total. The number of hydrogen-bond donors (Lipinski definition) is 0. The van der Waals surface area contributed by atoms with E-state index in [-0.39, 0.29) is 11.6 Å². The van der Waals surface area contributed by atoms with Gasteiger partial charge in [0, 0.05) is 46.2 Å². The predicted octanol–water partition coefficient (Wildman–Crippen LogP) is 9.57. The Hall–Kier alpha value is -5.62. The molecule has 2 bridgehead atoms. The standard InChI is InChI=1S/C43H34F2N4/c1-25-32-19-27(30-14-13-29(44)23-35(30)45)20-33(25)38-17-15-31-34-22-28(43(2,3)4)12-16-39(34)48-40-21-26-9-5-6-10-36(26)47(40)24-41(49(38)42(31)48)46-18-8-7-11-37(32)46/h5-23,41H,24H2,1-4H3/q+2. The maximum atomic E-state index is 15.4. The molecule has 10 rings (SSSR count). The van der Waals surface area contributed by atoms with E-state index in [9.17, 15) is 4.39 Å². The van der Waals surface area contributed by atoms with Crippen LogP contribution in [0.1, 0.15) is 38.1 Å². The van der Waals surface area contributed by atoms with Gasteiger partial charge in [-0.15, -0.1) is 0 Å². The van der Waals surface area contributed by atoms with Crippen molar-refractivity contribution < 1.29 is 17.9 Å². The van der Waals surface area contributed by atoms with E-state index in [1.807, 2.05) is 0 Å². The van der Waals surface area contributed by atoms with Crippen molar-refractivity contribution in [2.45, 2.75) is 45.8 Å². The van der Waals surface area contributed by atoms with E-state index in [2.05, 4.69) is 143 Å². The first-order chi connectivity index (χ1) is 23.7. The lowest BCUT2D eigenvalue weighted by Gasteiger charge is -2.23. The third-order valence-corrected chi connectivity index (χ3v) is 10.8. The van der Waals surface area contributed by atoms with Gasteiger partial charge in [0.1, 0.15) is 29.4 Å². The molecule has 0 fully saturated rings. The molecule has 1 unspecified atom stereocenters. The van der Waals surface area contributed by atoms with Crippen molar-refractivity contribution in [3.05, 3.63) is 138 Å². The van der Waals surface area contributed by atoms with Gasteiger partial charge in [0.15, 0.2) is 6.20 Å². The molecule has 0 amide bonds. The highest BCUT2D eigenvalue weighted by Crippen LogP contribution is 2.42. The summed E-state index contributed by atoms with van der Waals surface area (Å²) in [6.07, 6.45) is 2.05. The molecule has 2 aliphatic heterocycles. The summed E-state index contributed by atoms with van der Waals surface area (Å²) in [6.45, 7) is 9.65. The summed E-state index contributed by atoms with van der Waals surface area (Å²) >= 11 is 0. The summed E-state index contributed by atoms with van der Waals surface area (Å²) in [5.41, 5.74) is 11.1. The number of hydrogen-bond acceptors (Lipinski definition) is 0. The zero-order valence-electron chi connectivity index (χ0n) is 27.8. The molecule has 6 heterocycles. The Balaban J connectivity index is 1.40. The molecular formula is C43H34F2N4+2. The first-order valence-electron chi connectivity index (χ1n) is 16.9. The topological polar surface area (TPSA) is 17.6 Å². The lowest BCUT2D eigenvalue weighted by atomic mass is 9.86. The Kier molecular flexibility index (Phi) is 5.64. The second kappa shape index (κ2) is 9.73. The van der Waals surface area contributed by atoms with Crippen LogP contribution < -0.4 is 9.13 Å². The molecule has 4 aromatic heterocycles. The molecule has 0 aliphatic carbocycles. The molecule has 4 aromatic carbocycles. The molecule has 0 spiro atoms. The number of benzene rings is 4. The van der Waals surface area contributed by atoms with Gasteiger partial charge in [0.2, 0.25) is 11.5 Å². The van der Waals surface area contributed by atoms with Gasteiger partial charge in [0.25, 0.3) is 0 Å². The third-order valence-electron chi connectivity index (χ3n) is 10.8. The van der Waals surface area contributed by atoms with E-state index in [0.717, 1.165) is 56.7 Å². The van der Waals surface area contributed by atoms with Crippen LogP contribution in [-0.2, 0) is 12.0 Å². The van der Waals surface area contributed by atoms with E-state index in [4.69, 9.17) is 0 Å². The normalized spacial score (nSPS) is 14.9. The number of fused-ring (bicyclic) bond motifs is 13. The second-order valence-corrected chi connectivity index (χ2v) is 14.6. The van der Waals surface area contributed by atoms with Crippen LogP contribution in [0.5, 0.6) is 0 Å². The van der Waals surface area contributed by atoms with Gasteiger partial charge >= 0.3 is 11.8 Å². The maximum Gasteiger partial charge on any atom is 0.318 e. The van der Waals surface area contributed by atoms with Crippen molar-refractivity contribution in [3.8, 4) is 39.5 Å². The molecule has 2 aliphatic rings. The summed E-state index contributed by atoms with van der Waals surface area (Å²) in [6, 6.07) is 36.7. The summed E-state index contributed by atoms with van der Waals surface area (Å²) in [5, 5.41) is 3.61. The van der Waals surface area contributed by atoms with Crippen LogP contribution in [0.2, 0.25) is 0 Å². The zero-order valence-corrected chi connectivity index (χ0v) is 27.8. The largest absolute Gasteiger partial charge is 0.318 e. The Labute approximate surface area is 282 Å². The minimum atomic E-state index is -0.584. The fourth-order valence-corrected chi connectivity index (χ4v) is 8.38. The fraction of sp³-hybridized carbons (Fsp3) is 0.163. The quantitative estimate of drug-likeness (QED) is 0.159.